The molecule has 3 aromatic rings. The van der Waals surface area contributed by atoms with Crippen molar-refractivity contribution < 1.29 is 9.18 Å². The van der Waals surface area contributed by atoms with E-state index in [9.17, 15) is 9.18 Å². The Morgan fingerprint density at radius 1 is 1.19 bits per heavy atom. The van der Waals surface area contributed by atoms with Gasteiger partial charge in [-0.05, 0) is 41.2 Å². The lowest BCUT2D eigenvalue weighted by Gasteiger charge is -2.40. The number of aromatic nitrogens is 4. The van der Waals surface area contributed by atoms with Gasteiger partial charge >= 0.3 is 0 Å². The van der Waals surface area contributed by atoms with E-state index in [0.717, 1.165) is 23.3 Å². The van der Waals surface area contributed by atoms with E-state index < -0.39 is 5.92 Å². The number of Topliss-reactive ketones (excluding diaryl/α,β-unsaturated/α-hetero) is 1. The van der Waals surface area contributed by atoms with Crippen LogP contribution < -0.4 is 0 Å². The molecule has 1 aliphatic carbocycles. The second-order valence-corrected chi connectivity index (χ2v) is 9.79. The SMILES string of the molecule is CC1(C)CC(=O)C2C(=Nc3nc(SCc4cccnc4)nn3C2c2ccc(F)cc2)C1. The van der Waals surface area contributed by atoms with E-state index in [1.807, 2.05) is 18.3 Å². The van der Waals surface area contributed by atoms with E-state index in [-0.39, 0.29) is 23.1 Å². The van der Waals surface area contributed by atoms with Gasteiger partial charge in [0, 0.05) is 30.3 Å². The topological polar surface area (TPSA) is 73.0 Å². The lowest BCUT2D eigenvalue weighted by molar-refractivity contribution is -0.124. The molecule has 1 saturated carbocycles. The first-order valence-electron chi connectivity index (χ1n) is 10.2. The molecule has 0 radical (unpaired) electrons. The van der Waals surface area contributed by atoms with E-state index in [1.165, 1.54) is 23.9 Å². The van der Waals surface area contributed by atoms with Crippen molar-refractivity contribution in [1.29, 1.82) is 0 Å². The van der Waals surface area contributed by atoms with E-state index >= 15 is 0 Å². The average Bonchev–Trinajstić information content (AvgIpc) is 3.14. The summed E-state index contributed by atoms with van der Waals surface area (Å²) in [6, 6.07) is 9.84. The molecule has 2 atom stereocenters. The standard InChI is InChI=1S/C23H22FN5OS/c1-23(2)10-17-19(18(30)11-23)20(15-5-7-16(24)8-6-15)29-21(26-17)27-22(28-29)31-13-14-4-3-9-25-12-14/h3-9,12,19-20H,10-11,13H2,1-2H3. The number of thioether (sulfide) groups is 1. The fourth-order valence-electron chi connectivity index (χ4n) is 4.41. The van der Waals surface area contributed by atoms with E-state index in [0.29, 0.717) is 23.3 Å². The predicted octanol–water partition coefficient (Wildman–Crippen LogP) is 4.79. The molecule has 8 heteroatoms. The average molecular weight is 436 g/mol. The summed E-state index contributed by atoms with van der Waals surface area (Å²) in [6.45, 7) is 4.18. The zero-order valence-corrected chi connectivity index (χ0v) is 18.1. The zero-order valence-electron chi connectivity index (χ0n) is 17.3. The molecule has 2 aliphatic rings. The molecule has 1 aromatic carbocycles. The second kappa shape index (κ2) is 7.67. The van der Waals surface area contributed by atoms with Gasteiger partial charge in [0.25, 0.3) is 0 Å². The van der Waals surface area contributed by atoms with Crippen molar-refractivity contribution >= 4 is 29.2 Å². The lowest BCUT2D eigenvalue weighted by atomic mass is 9.67. The number of benzene rings is 1. The minimum Gasteiger partial charge on any atom is -0.299 e. The number of hydrogen-bond acceptors (Lipinski definition) is 6. The maximum atomic E-state index is 13.6. The molecular formula is C23H22FN5OS. The molecule has 5 rings (SSSR count). The predicted molar refractivity (Wildman–Crippen MR) is 117 cm³/mol. The molecule has 3 heterocycles. The molecule has 2 unspecified atom stereocenters. The third-order valence-corrected chi connectivity index (χ3v) is 6.65. The highest BCUT2D eigenvalue weighted by Gasteiger charge is 2.46. The minimum absolute atomic E-state index is 0.139. The van der Waals surface area contributed by atoms with Crippen LogP contribution in [0.3, 0.4) is 0 Å². The number of ketones is 1. The summed E-state index contributed by atoms with van der Waals surface area (Å²) in [5.74, 6) is 0.625. The van der Waals surface area contributed by atoms with Crippen LogP contribution >= 0.6 is 11.8 Å². The fraction of sp³-hybridized carbons (Fsp3) is 0.348. The largest absolute Gasteiger partial charge is 0.299 e. The summed E-state index contributed by atoms with van der Waals surface area (Å²) in [6.07, 6.45) is 4.78. The first-order chi connectivity index (χ1) is 14.9. The van der Waals surface area contributed by atoms with Gasteiger partial charge in [-0.1, -0.05) is 43.8 Å². The molecule has 2 aromatic heterocycles. The van der Waals surface area contributed by atoms with Gasteiger partial charge in [-0.15, -0.1) is 5.10 Å². The van der Waals surface area contributed by atoms with Crippen LogP contribution in [0.5, 0.6) is 0 Å². The first-order valence-corrected chi connectivity index (χ1v) is 11.2. The van der Waals surface area contributed by atoms with Crippen LogP contribution in [0, 0.1) is 17.2 Å². The Labute approximate surface area is 184 Å². The van der Waals surface area contributed by atoms with Gasteiger partial charge in [0.05, 0.1) is 12.0 Å². The van der Waals surface area contributed by atoms with Gasteiger partial charge in [-0.3, -0.25) is 9.78 Å². The maximum absolute atomic E-state index is 13.6. The Kier molecular flexibility index (Phi) is 4.97. The van der Waals surface area contributed by atoms with Crippen molar-refractivity contribution in [1.82, 2.24) is 19.7 Å². The summed E-state index contributed by atoms with van der Waals surface area (Å²) >= 11 is 1.50. The number of fused-ring (bicyclic) bond motifs is 2. The minimum atomic E-state index is -0.399. The van der Waals surface area contributed by atoms with Crippen LogP contribution in [0.2, 0.25) is 0 Å². The third kappa shape index (κ3) is 3.92. The number of carbonyl (C=O) groups is 1. The zero-order chi connectivity index (χ0) is 21.6. The first kappa shape index (κ1) is 20.1. The fourth-order valence-corrected chi connectivity index (χ4v) is 5.17. The summed E-state index contributed by atoms with van der Waals surface area (Å²) in [7, 11) is 0. The number of nitrogens with zero attached hydrogens (tertiary/aromatic N) is 5. The molecule has 0 saturated heterocycles. The summed E-state index contributed by atoms with van der Waals surface area (Å²) in [5.41, 5.74) is 2.62. The number of halogens is 1. The van der Waals surface area contributed by atoms with Gasteiger partial charge in [0.2, 0.25) is 11.1 Å². The number of pyridine rings is 1. The van der Waals surface area contributed by atoms with Crippen LogP contribution in [0.1, 0.15) is 43.9 Å². The second-order valence-electron chi connectivity index (χ2n) is 8.85. The van der Waals surface area contributed by atoms with Crippen molar-refractivity contribution in [2.75, 3.05) is 0 Å². The van der Waals surface area contributed by atoms with Gasteiger partial charge < -0.3 is 0 Å². The number of carbonyl (C=O) groups excluding carboxylic acids is 1. The van der Waals surface area contributed by atoms with Crippen LogP contribution in [-0.4, -0.2) is 31.2 Å². The van der Waals surface area contributed by atoms with Crippen molar-refractivity contribution in [3.8, 4) is 0 Å². The highest BCUT2D eigenvalue weighted by atomic mass is 32.2. The Morgan fingerprint density at radius 2 is 2.00 bits per heavy atom. The Morgan fingerprint density at radius 3 is 2.74 bits per heavy atom. The third-order valence-electron chi connectivity index (χ3n) is 5.74. The summed E-state index contributed by atoms with van der Waals surface area (Å²) in [5, 5.41) is 5.30. The molecule has 31 heavy (non-hydrogen) atoms. The normalized spacial score (nSPS) is 21.9. The molecule has 1 aliphatic heterocycles. The number of hydrogen-bond donors (Lipinski definition) is 0. The van der Waals surface area contributed by atoms with E-state index in [2.05, 4.69) is 23.8 Å². The van der Waals surface area contributed by atoms with Gasteiger partial charge in [-0.2, -0.15) is 4.98 Å². The Bertz CT molecular complexity index is 1160. The molecule has 0 amide bonds. The number of rotatable bonds is 4. The van der Waals surface area contributed by atoms with Crippen molar-refractivity contribution in [2.45, 2.75) is 43.6 Å². The smallest absolute Gasteiger partial charge is 0.249 e. The highest BCUT2D eigenvalue weighted by Crippen LogP contribution is 2.45. The molecule has 158 valence electrons. The van der Waals surface area contributed by atoms with Crippen molar-refractivity contribution in [2.24, 2.45) is 16.3 Å². The molecule has 1 fully saturated rings. The molecule has 0 N–H and O–H groups in total. The maximum Gasteiger partial charge on any atom is 0.249 e. The van der Waals surface area contributed by atoms with Gasteiger partial charge in [0.15, 0.2) is 0 Å². The summed E-state index contributed by atoms with van der Waals surface area (Å²) < 4.78 is 15.3. The Balaban J connectivity index is 1.54. The van der Waals surface area contributed by atoms with E-state index in [4.69, 9.17) is 10.1 Å². The van der Waals surface area contributed by atoms with Crippen LogP contribution in [0.25, 0.3) is 0 Å². The van der Waals surface area contributed by atoms with E-state index in [1.54, 1.807) is 23.0 Å². The van der Waals surface area contributed by atoms with Gasteiger partial charge in [-0.25, -0.2) is 14.1 Å². The molecule has 0 bridgehead atoms. The number of aliphatic imine (C=N–C) groups is 1. The van der Waals surface area contributed by atoms with Crippen molar-refractivity contribution in [3.05, 3.63) is 65.7 Å². The summed E-state index contributed by atoms with van der Waals surface area (Å²) in [4.78, 5) is 26.7. The van der Waals surface area contributed by atoms with Crippen LogP contribution in [0.15, 0.2) is 58.9 Å². The van der Waals surface area contributed by atoms with Gasteiger partial charge in [0.1, 0.15) is 11.6 Å². The highest BCUT2D eigenvalue weighted by molar-refractivity contribution is 7.98. The molecule has 6 nitrogen and oxygen atoms in total. The van der Waals surface area contributed by atoms with Crippen LogP contribution in [-0.2, 0) is 10.5 Å². The molecule has 0 spiro atoms. The van der Waals surface area contributed by atoms with Crippen LogP contribution in [0.4, 0.5) is 10.3 Å². The quantitative estimate of drug-likeness (QED) is 0.551. The van der Waals surface area contributed by atoms with Crippen molar-refractivity contribution in [3.63, 3.8) is 0 Å². The molecular weight excluding hydrogens is 413 g/mol. The Hall–Kier alpha value is -2.87. The monoisotopic (exact) mass is 435 g/mol. The lowest BCUT2D eigenvalue weighted by Crippen LogP contribution is -2.44.